The van der Waals surface area contributed by atoms with Crippen molar-refractivity contribution in [1.29, 1.82) is 0 Å². The maximum Gasteiger partial charge on any atom is 0.119 e. The highest BCUT2D eigenvalue weighted by molar-refractivity contribution is 5.28. The molecule has 1 aliphatic carbocycles. The number of hydrogen-bond donors (Lipinski definition) is 1. The second-order valence-corrected chi connectivity index (χ2v) is 9.16. The van der Waals surface area contributed by atoms with Crippen LogP contribution in [0, 0.1) is 0 Å². The number of rotatable bonds is 8. The van der Waals surface area contributed by atoms with E-state index in [9.17, 15) is 5.11 Å². The van der Waals surface area contributed by atoms with Crippen molar-refractivity contribution in [2.45, 2.75) is 70.2 Å². The van der Waals surface area contributed by atoms with Crippen LogP contribution in [0.3, 0.4) is 0 Å². The summed E-state index contributed by atoms with van der Waals surface area (Å²) >= 11 is 0. The minimum atomic E-state index is -0.462. The number of hydrogen-bond acceptors (Lipinski definition) is 5. The molecule has 1 aliphatic heterocycles. The fraction of sp³-hybridized carbons (Fsp3) is 0.739. The summed E-state index contributed by atoms with van der Waals surface area (Å²) in [5, 5.41) is 10.4. The van der Waals surface area contributed by atoms with Crippen LogP contribution < -0.4 is 4.74 Å². The van der Waals surface area contributed by atoms with Crippen molar-refractivity contribution >= 4 is 0 Å². The number of aliphatic hydroxyl groups excluding tert-OH is 1. The Morgan fingerprint density at radius 1 is 1.29 bits per heavy atom. The summed E-state index contributed by atoms with van der Waals surface area (Å²) in [6.07, 6.45) is 6.03. The predicted octanol–water partition coefficient (Wildman–Crippen LogP) is 3.30. The first-order valence-corrected chi connectivity index (χ1v) is 10.9. The van der Waals surface area contributed by atoms with Crippen LogP contribution in [0.2, 0.25) is 0 Å². The van der Waals surface area contributed by atoms with Crippen LogP contribution in [-0.4, -0.2) is 72.5 Å². The van der Waals surface area contributed by atoms with Gasteiger partial charge in [0.2, 0.25) is 0 Å². The zero-order valence-corrected chi connectivity index (χ0v) is 17.9. The Morgan fingerprint density at radius 2 is 2.07 bits per heavy atom. The number of ether oxygens (including phenoxy) is 2. The summed E-state index contributed by atoms with van der Waals surface area (Å²) in [4.78, 5) is 4.74. The average molecular weight is 391 g/mol. The van der Waals surface area contributed by atoms with E-state index in [1.165, 1.54) is 37.7 Å². The van der Waals surface area contributed by atoms with Gasteiger partial charge in [-0.2, -0.15) is 0 Å². The van der Waals surface area contributed by atoms with Crippen molar-refractivity contribution in [1.82, 2.24) is 9.80 Å². The van der Waals surface area contributed by atoms with Crippen LogP contribution in [0.5, 0.6) is 5.75 Å². The van der Waals surface area contributed by atoms with E-state index in [-0.39, 0.29) is 5.60 Å². The van der Waals surface area contributed by atoms with Gasteiger partial charge in [-0.05, 0) is 51.4 Å². The van der Waals surface area contributed by atoms with Gasteiger partial charge >= 0.3 is 0 Å². The van der Waals surface area contributed by atoms with Crippen molar-refractivity contribution < 1.29 is 14.6 Å². The highest BCUT2D eigenvalue weighted by Crippen LogP contribution is 2.22. The van der Waals surface area contributed by atoms with Crippen molar-refractivity contribution in [2.24, 2.45) is 0 Å². The van der Waals surface area contributed by atoms with Gasteiger partial charge in [-0.25, -0.2) is 0 Å². The molecule has 0 spiro atoms. The molecule has 0 amide bonds. The molecule has 5 nitrogen and oxygen atoms in total. The predicted molar refractivity (Wildman–Crippen MR) is 113 cm³/mol. The first-order valence-electron chi connectivity index (χ1n) is 10.9. The Balaban J connectivity index is 1.45. The van der Waals surface area contributed by atoms with Gasteiger partial charge in [0.15, 0.2) is 0 Å². The van der Waals surface area contributed by atoms with Gasteiger partial charge in [0.25, 0.3) is 0 Å². The Kier molecular flexibility index (Phi) is 7.75. The molecular weight excluding hydrogens is 352 g/mol. The molecule has 1 atom stereocenters. The van der Waals surface area contributed by atoms with Crippen LogP contribution in [0.25, 0.3) is 0 Å². The van der Waals surface area contributed by atoms with E-state index in [4.69, 9.17) is 9.47 Å². The Bertz CT molecular complexity index is 601. The lowest BCUT2D eigenvalue weighted by molar-refractivity contribution is -0.0882. The van der Waals surface area contributed by atoms with Crippen LogP contribution in [-0.2, 0) is 11.3 Å². The van der Waals surface area contributed by atoms with Crippen LogP contribution in [0.4, 0.5) is 0 Å². The molecule has 5 heteroatoms. The SMILES string of the molecule is CN(CC(O)COc1cccc(CN2CCOC(C)(C)C2)c1)C1CCCCC1. The van der Waals surface area contributed by atoms with E-state index in [2.05, 4.69) is 42.8 Å². The Morgan fingerprint density at radius 3 is 2.82 bits per heavy atom. The van der Waals surface area contributed by atoms with E-state index in [1.54, 1.807) is 0 Å². The summed E-state index contributed by atoms with van der Waals surface area (Å²) < 4.78 is 11.7. The average Bonchev–Trinajstić information content (AvgIpc) is 2.66. The third-order valence-corrected chi connectivity index (χ3v) is 5.95. The monoisotopic (exact) mass is 390 g/mol. The molecule has 1 N–H and O–H groups in total. The third kappa shape index (κ3) is 6.73. The first-order chi connectivity index (χ1) is 13.4. The molecule has 2 fully saturated rings. The van der Waals surface area contributed by atoms with Gasteiger partial charge < -0.3 is 19.5 Å². The van der Waals surface area contributed by atoms with E-state index in [0.717, 1.165) is 32.0 Å². The number of nitrogens with zero attached hydrogens (tertiary/aromatic N) is 2. The Hall–Kier alpha value is -1.14. The van der Waals surface area contributed by atoms with E-state index < -0.39 is 6.10 Å². The van der Waals surface area contributed by atoms with Gasteiger partial charge in [0.05, 0.1) is 12.2 Å². The summed E-state index contributed by atoms with van der Waals surface area (Å²) in [6, 6.07) is 8.87. The molecular formula is C23H38N2O3. The van der Waals surface area contributed by atoms with Crippen LogP contribution in [0.15, 0.2) is 24.3 Å². The molecule has 0 bridgehead atoms. The van der Waals surface area contributed by atoms with Crippen molar-refractivity contribution in [3.8, 4) is 5.75 Å². The summed E-state index contributed by atoms with van der Waals surface area (Å²) in [6.45, 7) is 8.87. The molecule has 0 aromatic heterocycles. The molecule has 0 radical (unpaired) electrons. The second kappa shape index (κ2) is 10.1. The number of likely N-dealkylation sites (N-methyl/N-ethyl adjacent to an activating group) is 1. The molecule has 3 rings (SSSR count). The minimum absolute atomic E-state index is 0.0825. The summed E-state index contributed by atoms with van der Waals surface area (Å²) in [5.41, 5.74) is 1.16. The standard InChI is InChI=1S/C23H38N2O3/c1-23(2)18-25(12-13-28-23)15-19-8-7-11-22(14-19)27-17-21(26)16-24(3)20-9-5-4-6-10-20/h7-8,11,14,20-21,26H,4-6,9-10,12-13,15-18H2,1-3H3. The zero-order chi connectivity index (χ0) is 20.0. The van der Waals surface area contributed by atoms with E-state index in [1.807, 2.05) is 12.1 Å². The van der Waals surface area contributed by atoms with Crippen molar-refractivity contribution in [2.75, 3.05) is 39.9 Å². The van der Waals surface area contributed by atoms with Crippen molar-refractivity contribution in [3.05, 3.63) is 29.8 Å². The Labute approximate surface area is 170 Å². The lowest BCUT2D eigenvalue weighted by atomic mass is 9.94. The van der Waals surface area contributed by atoms with E-state index in [0.29, 0.717) is 19.2 Å². The second-order valence-electron chi connectivity index (χ2n) is 9.16. The summed E-state index contributed by atoms with van der Waals surface area (Å²) in [5.74, 6) is 0.837. The van der Waals surface area contributed by atoms with Gasteiger partial charge in [0.1, 0.15) is 18.5 Å². The largest absolute Gasteiger partial charge is 0.491 e. The van der Waals surface area contributed by atoms with Gasteiger partial charge in [-0.15, -0.1) is 0 Å². The van der Waals surface area contributed by atoms with Gasteiger partial charge in [-0.3, -0.25) is 4.90 Å². The fourth-order valence-corrected chi connectivity index (χ4v) is 4.49. The number of benzene rings is 1. The molecule has 1 unspecified atom stereocenters. The molecule has 1 saturated carbocycles. The lowest BCUT2D eigenvalue weighted by Crippen LogP contribution is -2.47. The third-order valence-electron chi connectivity index (χ3n) is 5.95. The smallest absolute Gasteiger partial charge is 0.119 e. The molecule has 2 aliphatic rings. The highest BCUT2D eigenvalue weighted by atomic mass is 16.5. The van der Waals surface area contributed by atoms with Crippen LogP contribution >= 0.6 is 0 Å². The summed E-state index contributed by atoms with van der Waals surface area (Å²) in [7, 11) is 2.13. The maximum atomic E-state index is 10.4. The van der Waals surface area contributed by atoms with Gasteiger partial charge in [-0.1, -0.05) is 31.4 Å². The quantitative estimate of drug-likeness (QED) is 0.738. The zero-order valence-electron chi connectivity index (χ0n) is 17.9. The van der Waals surface area contributed by atoms with E-state index >= 15 is 0 Å². The minimum Gasteiger partial charge on any atom is -0.491 e. The molecule has 158 valence electrons. The topological polar surface area (TPSA) is 45.2 Å². The highest BCUT2D eigenvalue weighted by Gasteiger charge is 2.27. The number of aliphatic hydroxyl groups is 1. The molecule has 28 heavy (non-hydrogen) atoms. The molecule has 1 aromatic rings. The molecule has 1 aromatic carbocycles. The molecule has 1 heterocycles. The lowest BCUT2D eigenvalue weighted by Gasteiger charge is -2.38. The molecule has 1 saturated heterocycles. The van der Waals surface area contributed by atoms with Crippen molar-refractivity contribution in [3.63, 3.8) is 0 Å². The fourth-order valence-electron chi connectivity index (χ4n) is 4.49. The first kappa shape index (κ1) is 21.6. The van der Waals surface area contributed by atoms with Gasteiger partial charge in [0, 0.05) is 32.2 Å². The normalized spacial score (nSPS) is 22.3. The maximum absolute atomic E-state index is 10.4. The number of morpholine rings is 1. The van der Waals surface area contributed by atoms with Crippen LogP contribution in [0.1, 0.15) is 51.5 Å².